The zero-order chi connectivity index (χ0) is 17.6. The predicted molar refractivity (Wildman–Crippen MR) is 95.6 cm³/mol. The van der Waals surface area contributed by atoms with Crippen LogP contribution in [0.1, 0.15) is 16.7 Å². The fraction of sp³-hybridized carbons (Fsp3) is 0.350. The summed E-state index contributed by atoms with van der Waals surface area (Å²) in [5.41, 5.74) is 3.07. The van der Waals surface area contributed by atoms with Gasteiger partial charge in [0, 0.05) is 6.54 Å². The van der Waals surface area contributed by atoms with Crippen LogP contribution in [0.2, 0.25) is 0 Å². The Bertz CT molecular complexity index is 757. The van der Waals surface area contributed by atoms with Crippen LogP contribution in [0.3, 0.4) is 0 Å². The van der Waals surface area contributed by atoms with Crippen LogP contribution in [-0.2, 0) is 17.6 Å². The van der Waals surface area contributed by atoms with E-state index in [1.54, 1.807) is 7.11 Å². The van der Waals surface area contributed by atoms with Gasteiger partial charge in [-0.2, -0.15) is 0 Å². The Morgan fingerprint density at radius 3 is 2.60 bits per heavy atom. The zero-order valence-corrected chi connectivity index (χ0v) is 14.6. The normalized spacial score (nSPS) is 12.6. The first-order chi connectivity index (χ1) is 12.2. The summed E-state index contributed by atoms with van der Waals surface area (Å²) in [5.74, 6) is 2.31. The van der Waals surface area contributed by atoms with Crippen molar-refractivity contribution in [2.45, 2.75) is 19.8 Å². The molecule has 0 fully saturated rings. The number of fused-ring (bicyclic) bond motifs is 1. The van der Waals surface area contributed by atoms with E-state index in [-0.39, 0.29) is 5.91 Å². The highest BCUT2D eigenvalue weighted by molar-refractivity contribution is 5.79. The van der Waals surface area contributed by atoms with Crippen LogP contribution in [0.5, 0.6) is 17.2 Å². The van der Waals surface area contributed by atoms with Crippen LogP contribution < -0.4 is 19.5 Å². The lowest BCUT2D eigenvalue weighted by molar-refractivity contribution is -0.120. The van der Waals surface area contributed by atoms with Gasteiger partial charge in [-0.05, 0) is 48.2 Å². The molecule has 1 heterocycles. The minimum absolute atomic E-state index is 0.00493. The van der Waals surface area contributed by atoms with Gasteiger partial charge < -0.3 is 19.5 Å². The fourth-order valence-electron chi connectivity index (χ4n) is 2.90. The Morgan fingerprint density at radius 1 is 1.12 bits per heavy atom. The molecule has 5 nitrogen and oxygen atoms in total. The summed E-state index contributed by atoms with van der Waals surface area (Å²) >= 11 is 0. The standard InChI is InChI=1S/C20H23NO4/c1-14-11-18-19(25-10-9-24-18)12-16(14)13-20(22)21-8-7-15-5-3-4-6-17(15)23-2/h3-6,11-12H,7-10,13H2,1-2H3,(H,21,22). The van der Waals surface area contributed by atoms with Crippen LogP contribution in [0.15, 0.2) is 36.4 Å². The average molecular weight is 341 g/mol. The SMILES string of the molecule is COc1ccccc1CCNC(=O)Cc1cc2c(cc1C)OCCO2. The molecule has 0 aliphatic carbocycles. The molecule has 0 saturated heterocycles. The lowest BCUT2D eigenvalue weighted by Gasteiger charge is -2.20. The predicted octanol–water partition coefficient (Wildman–Crippen LogP) is 2.68. The molecule has 3 rings (SSSR count). The highest BCUT2D eigenvalue weighted by atomic mass is 16.6. The van der Waals surface area contributed by atoms with Gasteiger partial charge in [-0.1, -0.05) is 18.2 Å². The van der Waals surface area contributed by atoms with Crippen molar-refractivity contribution in [2.75, 3.05) is 26.9 Å². The van der Waals surface area contributed by atoms with Crippen molar-refractivity contribution in [3.63, 3.8) is 0 Å². The third-order valence-corrected chi connectivity index (χ3v) is 4.26. The van der Waals surface area contributed by atoms with E-state index in [2.05, 4.69) is 5.32 Å². The monoisotopic (exact) mass is 341 g/mol. The van der Waals surface area contributed by atoms with Gasteiger partial charge in [-0.25, -0.2) is 0 Å². The minimum Gasteiger partial charge on any atom is -0.496 e. The molecule has 1 aliphatic heterocycles. The van der Waals surface area contributed by atoms with E-state index < -0.39 is 0 Å². The second kappa shape index (κ2) is 7.92. The molecule has 0 atom stereocenters. The number of methoxy groups -OCH3 is 1. The van der Waals surface area contributed by atoms with Crippen molar-refractivity contribution in [1.29, 1.82) is 0 Å². The lowest BCUT2D eigenvalue weighted by atomic mass is 10.0. The number of para-hydroxylation sites is 1. The fourth-order valence-corrected chi connectivity index (χ4v) is 2.90. The van der Waals surface area contributed by atoms with Gasteiger partial charge in [0.15, 0.2) is 11.5 Å². The maximum absolute atomic E-state index is 12.3. The van der Waals surface area contributed by atoms with E-state index >= 15 is 0 Å². The van der Waals surface area contributed by atoms with Gasteiger partial charge in [0.2, 0.25) is 5.91 Å². The molecule has 1 N–H and O–H groups in total. The summed E-state index contributed by atoms with van der Waals surface area (Å²) in [6.07, 6.45) is 1.06. The Labute approximate surface area is 147 Å². The Kier molecular flexibility index (Phi) is 5.43. The molecule has 0 radical (unpaired) electrons. The molecule has 2 aromatic rings. The number of amides is 1. The van der Waals surface area contributed by atoms with Crippen molar-refractivity contribution >= 4 is 5.91 Å². The van der Waals surface area contributed by atoms with E-state index in [1.807, 2.05) is 43.3 Å². The summed E-state index contributed by atoms with van der Waals surface area (Å²) in [4.78, 5) is 12.3. The van der Waals surface area contributed by atoms with Gasteiger partial charge in [0.05, 0.1) is 13.5 Å². The summed E-state index contributed by atoms with van der Waals surface area (Å²) in [6.45, 7) is 3.66. The Hall–Kier alpha value is -2.69. The molecule has 1 aliphatic rings. The van der Waals surface area contributed by atoms with Crippen LogP contribution in [0.25, 0.3) is 0 Å². The van der Waals surface area contributed by atoms with Gasteiger partial charge >= 0.3 is 0 Å². The molecule has 5 heteroatoms. The Morgan fingerprint density at radius 2 is 1.84 bits per heavy atom. The molecule has 25 heavy (non-hydrogen) atoms. The number of carbonyl (C=O) groups excluding carboxylic acids is 1. The first kappa shape index (κ1) is 17.1. The third kappa shape index (κ3) is 4.24. The summed E-state index contributed by atoms with van der Waals surface area (Å²) in [6, 6.07) is 11.7. The van der Waals surface area contributed by atoms with Crippen molar-refractivity contribution in [2.24, 2.45) is 0 Å². The van der Waals surface area contributed by atoms with Crippen molar-refractivity contribution in [1.82, 2.24) is 5.32 Å². The highest BCUT2D eigenvalue weighted by Gasteiger charge is 2.15. The average Bonchev–Trinajstić information content (AvgIpc) is 2.63. The largest absolute Gasteiger partial charge is 0.496 e. The second-order valence-electron chi connectivity index (χ2n) is 6.01. The molecule has 0 aromatic heterocycles. The van der Waals surface area contributed by atoms with Gasteiger partial charge in [0.25, 0.3) is 0 Å². The van der Waals surface area contributed by atoms with Gasteiger partial charge in [-0.3, -0.25) is 4.79 Å². The van der Waals surface area contributed by atoms with Crippen molar-refractivity contribution < 1.29 is 19.0 Å². The zero-order valence-electron chi connectivity index (χ0n) is 14.6. The van der Waals surface area contributed by atoms with Crippen LogP contribution >= 0.6 is 0 Å². The van der Waals surface area contributed by atoms with Gasteiger partial charge in [0.1, 0.15) is 19.0 Å². The first-order valence-corrected chi connectivity index (χ1v) is 8.45. The highest BCUT2D eigenvalue weighted by Crippen LogP contribution is 2.33. The number of hydrogen-bond donors (Lipinski definition) is 1. The molecule has 2 aromatic carbocycles. The molecule has 0 bridgehead atoms. The smallest absolute Gasteiger partial charge is 0.224 e. The molecule has 1 amide bonds. The number of nitrogens with one attached hydrogen (secondary N) is 1. The Balaban J connectivity index is 1.56. The summed E-state index contributed by atoms with van der Waals surface area (Å²) in [7, 11) is 1.65. The second-order valence-corrected chi connectivity index (χ2v) is 6.01. The molecule has 0 saturated carbocycles. The third-order valence-electron chi connectivity index (χ3n) is 4.26. The maximum Gasteiger partial charge on any atom is 0.224 e. The lowest BCUT2D eigenvalue weighted by Crippen LogP contribution is -2.27. The molecular formula is C20H23NO4. The van der Waals surface area contributed by atoms with E-state index in [4.69, 9.17) is 14.2 Å². The number of rotatable bonds is 6. The molecular weight excluding hydrogens is 318 g/mol. The number of aryl methyl sites for hydroxylation is 1. The van der Waals surface area contributed by atoms with E-state index in [9.17, 15) is 4.79 Å². The number of ether oxygens (including phenoxy) is 3. The molecule has 0 unspecified atom stereocenters. The maximum atomic E-state index is 12.3. The number of hydrogen-bond acceptors (Lipinski definition) is 4. The quantitative estimate of drug-likeness (QED) is 0.878. The summed E-state index contributed by atoms with van der Waals surface area (Å²) < 4.78 is 16.5. The topological polar surface area (TPSA) is 56.8 Å². The van der Waals surface area contributed by atoms with Crippen LogP contribution in [0, 0.1) is 6.92 Å². The molecule has 0 spiro atoms. The van der Waals surface area contributed by atoms with Crippen molar-refractivity contribution in [3.8, 4) is 17.2 Å². The van der Waals surface area contributed by atoms with E-state index in [1.165, 1.54) is 0 Å². The number of carbonyl (C=O) groups is 1. The van der Waals surface area contributed by atoms with E-state index in [0.717, 1.165) is 34.6 Å². The van der Waals surface area contributed by atoms with Gasteiger partial charge in [-0.15, -0.1) is 0 Å². The first-order valence-electron chi connectivity index (χ1n) is 8.45. The molecule has 132 valence electrons. The summed E-state index contributed by atoms with van der Waals surface area (Å²) in [5, 5.41) is 2.97. The minimum atomic E-state index is -0.00493. The number of benzene rings is 2. The van der Waals surface area contributed by atoms with Crippen LogP contribution in [-0.4, -0.2) is 32.8 Å². The van der Waals surface area contributed by atoms with E-state index in [0.29, 0.717) is 31.9 Å². The van der Waals surface area contributed by atoms with Crippen molar-refractivity contribution in [3.05, 3.63) is 53.1 Å². The van der Waals surface area contributed by atoms with Crippen LogP contribution in [0.4, 0.5) is 0 Å².